The third kappa shape index (κ3) is 8.52. The molecule has 0 spiro atoms. The van der Waals surface area contributed by atoms with Crippen LogP contribution in [0.15, 0.2) is 18.2 Å². The smallest absolute Gasteiger partial charge is 0.870 e. The van der Waals surface area contributed by atoms with Crippen molar-refractivity contribution in [2.75, 3.05) is 0 Å². The number of hydrogen-bond donors (Lipinski definition) is 0. The van der Waals surface area contributed by atoms with Gasteiger partial charge in [-0.1, -0.05) is 11.8 Å². The standard InChI is InChI=1S/C6H5NO7S.2K.H2O/c8-5-2-1-4(7(9)10)3-6(5)14-15(11,12)13;;;/h1-3,8H,(H,11,12,13);;;1H2/q;2*+1;/p-2. The number of nitro groups is 1. The largest absolute Gasteiger partial charge is 1.00 e. The maximum Gasteiger partial charge on any atom is 1.00 e. The summed E-state index contributed by atoms with van der Waals surface area (Å²) >= 11 is 0. The molecule has 0 radical (unpaired) electrons. The van der Waals surface area contributed by atoms with Crippen LogP contribution < -0.4 is 112 Å². The Bertz CT molecular complexity index is 504. The van der Waals surface area contributed by atoms with Crippen molar-refractivity contribution < 1.29 is 135 Å². The van der Waals surface area contributed by atoms with Crippen LogP contribution in [0.3, 0.4) is 0 Å². The number of benzene rings is 1. The second-order valence-electron chi connectivity index (χ2n) is 2.38. The van der Waals surface area contributed by atoms with Gasteiger partial charge in [-0.05, 0) is 0 Å². The van der Waals surface area contributed by atoms with Crippen LogP contribution in [0.25, 0.3) is 0 Å². The first kappa shape index (κ1) is 24.4. The van der Waals surface area contributed by atoms with Gasteiger partial charge in [-0.15, -0.1) is 0 Å². The summed E-state index contributed by atoms with van der Waals surface area (Å²) in [6.07, 6.45) is 0. The summed E-state index contributed by atoms with van der Waals surface area (Å²) in [5.41, 5.74) is -0.548. The van der Waals surface area contributed by atoms with E-state index < -0.39 is 32.5 Å². The molecule has 0 aliphatic heterocycles. The molecule has 0 aromatic heterocycles. The third-order valence-corrected chi connectivity index (χ3v) is 1.71. The molecular weight excluding hydrogens is 324 g/mol. The second-order valence-corrected chi connectivity index (χ2v) is 3.36. The van der Waals surface area contributed by atoms with Crippen molar-refractivity contribution >= 4 is 16.1 Å². The average molecular weight is 329 g/mol. The van der Waals surface area contributed by atoms with Crippen LogP contribution in [-0.4, -0.2) is 23.4 Å². The summed E-state index contributed by atoms with van der Waals surface area (Å²) < 4.78 is 34.2. The summed E-state index contributed by atoms with van der Waals surface area (Å²) in [4.78, 5) is 9.39. The van der Waals surface area contributed by atoms with Gasteiger partial charge in [0.15, 0.2) is 0 Å². The summed E-state index contributed by atoms with van der Waals surface area (Å²) in [5, 5.41) is 21.2. The Morgan fingerprint density at radius 3 is 2.11 bits per heavy atom. The fraction of sp³-hybridized carbons (Fsp3) is 0. The van der Waals surface area contributed by atoms with Gasteiger partial charge in [0, 0.05) is 6.07 Å². The first-order valence-electron chi connectivity index (χ1n) is 3.40. The molecule has 0 unspecified atom stereocenters. The van der Waals surface area contributed by atoms with Crippen LogP contribution in [0.5, 0.6) is 11.5 Å². The number of rotatable bonds is 3. The van der Waals surface area contributed by atoms with Crippen LogP contribution in [0.4, 0.5) is 5.69 Å². The van der Waals surface area contributed by atoms with E-state index in [0.29, 0.717) is 6.07 Å². The average Bonchev–Trinajstić information content (AvgIpc) is 2.06. The Balaban J connectivity index is -0.000000750. The minimum absolute atomic E-state index is 0. The molecule has 0 aliphatic rings. The summed E-state index contributed by atoms with van der Waals surface area (Å²) in [6.45, 7) is 0. The monoisotopic (exact) mass is 329 g/mol. The molecule has 0 fully saturated rings. The Hall–Kier alpha value is 1.36. The Morgan fingerprint density at radius 2 is 1.72 bits per heavy atom. The molecule has 1 rings (SSSR count). The van der Waals surface area contributed by atoms with E-state index in [2.05, 4.69) is 4.18 Å². The molecule has 1 aromatic carbocycles. The Labute approximate surface area is 187 Å². The van der Waals surface area contributed by atoms with E-state index in [1.807, 2.05) is 0 Å². The normalized spacial score (nSPS) is 9.17. The van der Waals surface area contributed by atoms with E-state index in [0.717, 1.165) is 12.1 Å². The van der Waals surface area contributed by atoms with E-state index >= 15 is 0 Å². The van der Waals surface area contributed by atoms with Gasteiger partial charge in [0.05, 0.1) is 11.0 Å². The van der Waals surface area contributed by atoms with Gasteiger partial charge in [-0.25, -0.2) is 8.42 Å². The molecule has 18 heavy (non-hydrogen) atoms. The number of non-ortho nitro benzene ring substituents is 1. The quantitative estimate of drug-likeness (QED) is 0.175. The number of hydrogen-bond acceptors (Lipinski definition) is 7. The Kier molecular flexibility index (Phi) is 13.7. The van der Waals surface area contributed by atoms with Gasteiger partial charge in [0.1, 0.15) is 5.75 Å². The zero-order valence-corrected chi connectivity index (χ0v) is 16.5. The maximum atomic E-state index is 10.9. The SMILES string of the molecule is O.O=[N+]([O-])c1ccc([O-])c(OS(=O)(=O)[O-])c1.[K+].[K+]. The molecule has 1 aromatic rings. The maximum absolute atomic E-state index is 10.9. The van der Waals surface area contributed by atoms with E-state index in [9.17, 15) is 28.2 Å². The summed E-state index contributed by atoms with van der Waals surface area (Å²) in [6, 6.07) is 2.17. The van der Waals surface area contributed by atoms with E-state index in [4.69, 9.17) is 0 Å². The number of nitrogens with zero attached hydrogens (tertiary/aromatic N) is 1. The van der Waals surface area contributed by atoms with Crippen LogP contribution >= 0.6 is 0 Å². The van der Waals surface area contributed by atoms with Gasteiger partial charge < -0.3 is 19.3 Å². The fourth-order valence-electron chi connectivity index (χ4n) is 0.785. The molecule has 0 saturated carbocycles. The van der Waals surface area contributed by atoms with E-state index in [1.165, 1.54) is 0 Å². The molecule has 0 bridgehead atoms. The van der Waals surface area contributed by atoms with Crippen LogP contribution in [0.1, 0.15) is 0 Å². The molecular formula is C6H5K2NO8S. The van der Waals surface area contributed by atoms with Crippen molar-refractivity contribution in [3.63, 3.8) is 0 Å². The van der Waals surface area contributed by atoms with Crippen LogP contribution in [-0.2, 0) is 10.4 Å². The summed E-state index contributed by atoms with van der Waals surface area (Å²) in [7, 11) is -5.11. The zero-order valence-electron chi connectivity index (χ0n) is 9.45. The molecule has 0 saturated heterocycles. The molecule has 9 nitrogen and oxygen atoms in total. The topological polar surface area (TPSA) is 164 Å². The second kappa shape index (κ2) is 10.1. The van der Waals surface area contributed by atoms with E-state index in [-0.39, 0.29) is 108 Å². The van der Waals surface area contributed by atoms with Gasteiger partial charge >= 0.3 is 103 Å². The van der Waals surface area contributed by atoms with Crippen molar-refractivity contribution in [2.24, 2.45) is 0 Å². The number of nitro benzene ring substituents is 1. The van der Waals surface area contributed by atoms with Gasteiger partial charge in [0.2, 0.25) is 0 Å². The molecule has 0 aliphatic carbocycles. The van der Waals surface area contributed by atoms with Crippen molar-refractivity contribution in [3.8, 4) is 11.5 Å². The molecule has 0 atom stereocenters. The molecule has 0 amide bonds. The first-order valence-corrected chi connectivity index (χ1v) is 4.74. The third-order valence-electron chi connectivity index (χ3n) is 1.33. The predicted molar refractivity (Wildman–Crippen MR) is 46.5 cm³/mol. The van der Waals surface area contributed by atoms with Gasteiger partial charge in [0.25, 0.3) is 16.1 Å². The van der Waals surface area contributed by atoms with Crippen molar-refractivity contribution in [3.05, 3.63) is 28.3 Å². The fourth-order valence-corrected chi connectivity index (χ4v) is 1.14. The van der Waals surface area contributed by atoms with Crippen molar-refractivity contribution in [1.82, 2.24) is 0 Å². The molecule has 0 heterocycles. The molecule has 12 heteroatoms. The van der Waals surface area contributed by atoms with E-state index in [1.54, 1.807) is 0 Å². The van der Waals surface area contributed by atoms with Crippen LogP contribution in [0, 0.1) is 10.1 Å². The minimum atomic E-state index is -5.11. The molecule has 90 valence electrons. The Morgan fingerprint density at radius 1 is 1.22 bits per heavy atom. The summed E-state index contributed by atoms with van der Waals surface area (Å²) in [5.74, 6) is -1.82. The van der Waals surface area contributed by atoms with Gasteiger partial charge in [-0.3, -0.25) is 10.1 Å². The minimum Gasteiger partial charge on any atom is -0.870 e. The van der Waals surface area contributed by atoms with Crippen molar-refractivity contribution in [2.45, 2.75) is 0 Å². The van der Waals surface area contributed by atoms with Crippen LogP contribution in [0.2, 0.25) is 0 Å². The van der Waals surface area contributed by atoms with Crippen molar-refractivity contribution in [1.29, 1.82) is 0 Å². The zero-order chi connectivity index (χ0) is 11.6. The molecule has 2 N–H and O–H groups in total. The van der Waals surface area contributed by atoms with Gasteiger partial charge in [-0.2, -0.15) is 0 Å². The first-order chi connectivity index (χ1) is 6.79. The predicted octanol–water partition coefficient (Wildman–Crippen LogP) is -7.31.